The minimum atomic E-state index is -0.570. The molecule has 0 bridgehead atoms. The third-order valence-electron chi connectivity index (χ3n) is 3.43. The highest BCUT2D eigenvalue weighted by atomic mass is 16.5. The van der Waals surface area contributed by atoms with Gasteiger partial charge in [0, 0.05) is 12.0 Å². The molecule has 4 heteroatoms. The van der Waals surface area contributed by atoms with Crippen molar-refractivity contribution in [3.05, 3.63) is 23.8 Å². The fraction of sp³-hybridized carbons (Fsp3) is 0.500. The Hall–Kier alpha value is -1.55. The van der Waals surface area contributed by atoms with Crippen LogP contribution < -0.4 is 15.2 Å². The Bertz CT molecular complexity index is 425. The summed E-state index contributed by atoms with van der Waals surface area (Å²) in [6.45, 7) is 4.13. The molecule has 0 amide bonds. The molecule has 1 unspecified atom stereocenters. The van der Waals surface area contributed by atoms with Crippen LogP contribution in [0.25, 0.3) is 0 Å². The predicted octanol–water partition coefficient (Wildman–Crippen LogP) is 2.26. The predicted molar refractivity (Wildman–Crippen MR) is 71.3 cm³/mol. The van der Waals surface area contributed by atoms with E-state index in [1.807, 2.05) is 13.8 Å². The van der Waals surface area contributed by atoms with E-state index < -0.39 is 5.41 Å². The second-order valence-corrected chi connectivity index (χ2v) is 4.51. The zero-order valence-electron chi connectivity index (χ0n) is 11.4. The van der Waals surface area contributed by atoms with Crippen LogP contribution in [0.1, 0.15) is 30.6 Å². The third-order valence-corrected chi connectivity index (χ3v) is 3.43. The molecule has 1 rings (SSSR count). The normalized spacial score (nSPS) is 13.8. The number of methoxy groups -OCH3 is 2. The molecule has 4 nitrogen and oxygen atoms in total. The van der Waals surface area contributed by atoms with E-state index >= 15 is 0 Å². The number of nitrogens with two attached hydrogens (primary N) is 1. The Kier molecular flexibility index (Phi) is 4.73. The van der Waals surface area contributed by atoms with Crippen LogP contribution in [0.5, 0.6) is 11.5 Å². The summed E-state index contributed by atoms with van der Waals surface area (Å²) in [4.78, 5) is 12.6. The standard InChI is InChI=1S/C14H21NO3/c1-5-14(2,9-15)13(16)11-8-10(17-3)6-7-12(11)18-4/h6-8H,5,9,15H2,1-4H3. The first-order valence-electron chi connectivity index (χ1n) is 5.99. The lowest BCUT2D eigenvalue weighted by molar-refractivity contribution is 0.0816. The molecule has 0 aromatic heterocycles. The van der Waals surface area contributed by atoms with Gasteiger partial charge in [0.25, 0.3) is 0 Å². The Morgan fingerprint density at radius 1 is 1.33 bits per heavy atom. The first-order chi connectivity index (χ1) is 8.52. The van der Waals surface area contributed by atoms with Crippen LogP contribution in [-0.2, 0) is 0 Å². The first-order valence-corrected chi connectivity index (χ1v) is 5.99. The number of rotatable bonds is 6. The zero-order valence-corrected chi connectivity index (χ0v) is 11.4. The van der Waals surface area contributed by atoms with Gasteiger partial charge in [-0.05, 0) is 24.6 Å². The van der Waals surface area contributed by atoms with Crippen LogP contribution in [0.4, 0.5) is 0 Å². The molecule has 18 heavy (non-hydrogen) atoms. The lowest BCUT2D eigenvalue weighted by Crippen LogP contribution is -2.35. The average Bonchev–Trinajstić information content (AvgIpc) is 2.44. The summed E-state index contributed by atoms with van der Waals surface area (Å²) in [6, 6.07) is 5.20. The van der Waals surface area contributed by atoms with Gasteiger partial charge in [-0.25, -0.2) is 0 Å². The molecule has 0 saturated carbocycles. The summed E-state index contributed by atoms with van der Waals surface area (Å²) in [5.41, 5.74) is 5.68. The molecule has 0 aliphatic rings. The van der Waals surface area contributed by atoms with E-state index in [9.17, 15) is 4.79 Å². The molecule has 1 aromatic rings. The minimum Gasteiger partial charge on any atom is -0.497 e. The molecule has 0 spiro atoms. The number of benzene rings is 1. The summed E-state index contributed by atoms with van der Waals surface area (Å²) < 4.78 is 10.4. The van der Waals surface area contributed by atoms with Crippen LogP contribution in [0, 0.1) is 5.41 Å². The van der Waals surface area contributed by atoms with Gasteiger partial charge < -0.3 is 15.2 Å². The quantitative estimate of drug-likeness (QED) is 0.788. The average molecular weight is 251 g/mol. The zero-order chi connectivity index (χ0) is 13.8. The topological polar surface area (TPSA) is 61.6 Å². The summed E-state index contributed by atoms with van der Waals surface area (Å²) in [5, 5.41) is 0. The van der Waals surface area contributed by atoms with E-state index in [4.69, 9.17) is 15.2 Å². The summed E-state index contributed by atoms with van der Waals surface area (Å²) in [5.74, 6) is 1.17. The van der Waals surface area contributed by atoms with E-state index in [0.717, 1.165) is 0 Å². The van der Waals surface area contributed by atoms with Crippen molar-refractivity contribution in [2.75, 3.05) is 20.8 Å². The molecule has 0 aliphatic heterocycles. The minimum absolute atomic E-state index is 0.0109. The maximum Gasteiger partial charge on any atom is 0.173 e. The maximum absolute atomic E-state index is 12.6. The van der Waals surface area contributed by atoms with Crippen LogP contribution in [0.2, 0.25) is 0 Å². The van der Waals surface area contributed by atoms with E-state index in [1.54, 1.807) is 32.4 Å². The molecule has 2 N–H and O–H groups in total. The van der Waals surface area contributed by atoms with Gasteiger partial charge in [-0.15, -0.1) is 0 Å². The number of ketones is 1. The monoisotopic (exact) mass is 251 g/mol. The van der Waals surface area contributed by atoms with Gasteiger partial charge in [0.1, 0.15) is 11.5 Å². The molecule has 0 radical (unpaired) electrons. The van der Waals surface area contributed by atoms with Crippen molar-refractivity contribution in [1.29, 1.82) is 0 Å². The lowest BCUT2D eigenvalue weighted by Gasteiger charge is -2.25. The van der Waals surface area contributed by atoms with Gasteiger partial charge in [0.05, 0.1) is 19.8 Å². The van der Waals surface area contributed by atoms with Crippen LogP contribution in [-0.4, -0.2) is 26.5 Å². The van der Waals surface area contributed by atoms with Crippen molar-refractivity contribution in [3.63, 3.8) is 0 Å². The van der Waals surface area contributed by atoms with E-state index in [2.05, 4.69) is 0 Å². The fourth-order valence-electron chi connectivity index (χ4n) is 1.71. The second-order valence-electron chi connectivity index (χ2n) is 4.51. The van der Waals surface area contributed by atoms with Crippen molar-refractivity contribution in [2.24, 2.45) is 11.1 Å². The van der Waals surface area contributed by atoms with Gasteiger partial charge in [-0.1, -0.05) is 13.8 Å². The molecule has 1 atom stereocenters. The highest BCUT2D eigenvalue weighted by molar-refractivity contribution is 6.03. The van der Waals surface area contributed by atoms with Gasteiger partial charge in [-0.2, -0.15) is 0 Å². The number of hydrogen-bond donors (Lipinski definition) is 1. The highest BCUT2D eigenvalue weighted by Gasteiger charge is 2.32. The van der Waals surface area contributed by atoms with Crippen LogP contribution >= 0.6 is 0 Å². The number of Topliss-reactive ketones (excluding diaryl/α,β-unsaturated/α-hetero) is 1. The van der Waals surface area contributed by atoms with Gasteiger partial charge in [0.2, 0.25) is 0 Å². The summed E-state index contributed by atoms with van der Waals surface area (Å²) in [6.07, 6.45) is 0.683. The Labute approximate surface area is 108 Å². The van der Waals surface area contributed by atoms with Gasteiger partial charge in [0.15, 0.2) is 5.78 Å². The number of ether oxygens (including phenoxy) is 2. The van der Waals surface area contributed by atoms with E-state index in [-0.39, 0.29) is 5.78 Å². The number of hydrogen-bond acceptors (Lipinski definition) is 4. The SMILES string of the molecule is CCC(C)(CN)C(=O)c1cc(OC)ccc1OC. The molecule has 100 valence electrons. The highest BCUT2D eigenvalue weighted by Crippen LogP contribution is 2.32. The van der Waals surface area contributed by atoms with E-state index in [1.165, 1.54) is 0 Å². The van der Waals surface area contributed by atoms with Crippen molar-refractivity contribution in [1.82, 2.24) is 0 Å². The number of carbonyl (C=O) groups excluding carboxylic acids is 1. The van der Waals surface area contributed by atoms with Gasteiger partial charge in [-0.3, -0.25) is 4.79 Å². The fourth-order valence-corrected chi connectivity index (χ4v) is 1.71. The lowest BCUT2D eigenvalue weighted by atomic mass is 9.79. The van der Waals surface area contributed by atoms with Gasteiger partial charge >= 0.3 is 0 Å². The molecule has 0 heterocycles. The molecular weight excluding hydrogens is 230 g/mol. The van der Waals surface area contributed by atoms with Crippen LogP contribution in [0.15, 0.2) is 18.2 Å². The first kappa shape index (κ1) is 14.5. The van der Waals surface area contributed by atoms with Crippen molar-refractivity contribution < 1.29 is 14.3 Å². The Morgan fingerprint density at radius 2 is 2.00 bits per heavy atom. The number of carbonyl (C=O) groups is 1. The smallest absolute Gasteiger partial charge is 0.173 e. The van der Waals surface area contributed by atoms with Crippen molar-refractivity contribution in [3.8, 4) is 11.5 Å². The largest absolute Gasteiger partial charge is 0.497 e. The summed E-state index contributed by atoms with van der Waals surface area (Å²) >= 11 is 0. The molecule has 0 fully saturated rings. The Morgan fingerprint density at radius 3 is 2.44 bits per heavy atom. The summed E-state index contributed by atoms with van der Waals surface area (Å²) in [7, 11) is 3.11. The maximum atomic E-state index is 12.6. The Balaban J connectivity index is 3.25. The molecule has 1 aromatic carbocycles. The second kappa shape index (κ2) is 5.87. The van der Waals surface area contributed by atoms with Crippen molar-refractivity contribution >= 4 is 5.78 Å². The van der Waals surface area contributed by atoms with Crippen LogP contribution in [0.3, 0.4) is 0 Å². The molecule has 0 aliphatic carbocycles. The van der Waals surface area contributed by atoms with E-state index in [0.29, 0.717) is 30.0 Å². The molecular formula is C14H21NO3. The third kappa shape index (κ3) is 2.64. The molecule has 0 saturated heterocycles. The van der Waals surface area contributed by atoms with Crippen molar-refractivity contribution in [2.45, 2.75) is 20.3 Å².